The number of hydrogen-bond donors (Lipinski definition) is 0. The van der Waals surface area contributed by atoms with Crippen molar-refractivity contribution in [1.82, 2.24) is 0 Å². The van der Waals surface area contributed by atoms with E-state index in [0.29, 0.717) is 0 Å². The molecule has 0 unspecified atom stereocenters. The van der Waals surface area contributed by atoms with Crippen LogP contribution in [0.3, 0.4) is 0 Å². The van der Waals surface area contributed by atoms with Gasteiger partial charge in [0.25, 0.3) is 0 Å². The topological polar surface area (TPSA) is 17.1 Å². The maximum Gasteiger partial charge on any atom is 0.135 e. The Balaban J connectivity index is 4.00. The van der Waals surface area contributed by atoms with Gasteiger partial charge in [-0.15, -0.1) is 6.58 Å². The van der Waals surface area contributed by atoms with E-state index in [-0.39, 0.29) is 11.2 Å². The van der Waals surface area contributed by atoms with Crippen LogP contribution in [0.4, 0.5) is 0 Å². The van der Waals surface area contributed by atoms with Crippen LogP contribution in [0.15, 0.2) is 12.7 Å². The van der Waals surface area contributed by atoms with Crippen LogP contribution in [-0.2, 0) is 4.79 Å². The standard InChI is InChI=1S/C8H14O/c1-5-6-8(3,4)7(2)9/h5H,1,6H2,2-4H3. The predicted molar refractivity (Wildman–Crippen MR) is 39.3 cm³/mol. The number of ketones is 1. The van der Waals surface area contributed by atoms with Crippen molar-refractivity contribution in [2.45, 2.75) is 27.2 Å². The molecule has 0 radical (unpaired) electrons. The zero-order valence-electron chi connectivity index (χ0n) is 6.40. The average Bonchev–Trinajstić information content (AvgIpc) is 1.65. The van der Waals surface area contributed by atoms with E-state index >= 15 is 0 Å². The highest BCUT2D eigenvalue weighted by Crippen LogP contribution is 2.20. The van der Waals surface area contributed by atoms with Gasteiger partial charge in [-0.05, 0) is 13.3 Å². The highest BCUT2D eigenvalue weighted by Gasteiger charge is 2.20. The lowest BCUT2D eigenvalue weighted by atomic mass is 9.85. The summed E-state index contributed by atoms with van der Waals surface area (Å²) >= 11 is 0. The Morgan fingerprint density at radius 2 is 2.11 bits per heavy atom. The van der Waals surface area contributed by atoms with Crippen molar-refractivity contribution >= 4 is 5.78 Å². The lowest BCUT2D eigenvalue weighted by Crippen LogP contribution is -2.19. The summed E-state index contributed by atoms with van der Waals surface area (Å²) in [6.45, 7) is 9.05. The summed E-state index contributed by atoms with van der Waals surface area (Å²) in [4.78, 5) is 10.8. The highest BCUT2D eigenvalue weighted by atomic mass is 16.1. The number of rotatable bonds is 3. The second kappa shape index (κ2) is 2.81. The maximum absolute atomic E-state index is 10.8. The smallest absolute Gasteiger partial charge is 0.135 e. The van der Waals surface area contributed by atoms with Crippen LogP contribution in [0.2, 0.25) is 0 Å². The Morgan fingerprint density at radius 1 is 1.67 bits per heavy atom. The lowest BCUT2D eigenvalue weighted by Gasteiger charge is -2.17. The molecule has 52 valence electrons. The van der Waals surface area contributed by atoms with Gasteiger partial charge in [0, 0.05) is 5.41 Å². The fraction of sp³-hybridized carbons (Fsp3) is 0.625. The number of Topliss-reactive ketones (excluding diaryl/α,β-unsaturated/α-hetero) is 1. The first-order chi connectivity index (χ1) is 4.00. The molecule has 0 N–H and O–H groups in total. The quantitative estimate of drug-likeness (QED) is 0.530. The molecule has 0 atom stereocenters. The molecule has 1 heteroatoms. The summed E-state index contributed by atoms with van der Waals surface area (Å²) < 4.78 is 0. The van der Waals surface area contributed by atoms with Gasteiger partial charge in [0.2, 0.25) is 0 Å². The third-order valence-electron chi connectivity index (χ3n) is 1.61. The molecule has 0 aliphatic carbocycles. The number of carbonyl (C=O) groups is 1. The fourth-order valence-electron chi connectivity index (χ4n) is 0.505. The van der Waals surface area contributed by atoms with Crippen LogP contribution in [0.25, 0.3) is 0 Å². The average molecular weight is 126 g/mol. The largest absolute Gasteiger partial charge is 0.299 e. The SMILES string of the molecule is C=CCC(C)(C)C(C)=O. The Labute approximate surface area is 56.8 Å². The van der Waals surface area contributed by atoms with Crippen molar-refractivity contribution in [3.8, 4) is 0 Å². The first-order valence-corrected chi connectivity index (χ1v) is 3.12. The van der Waals surface area contributed by atoms with Crippen molar-refractivity contribution in [2.24, 2.45) is 5.41 Å². The molecular weight excluding hydrogens is 112 g/mol. The van der Waals surface area contributed by atoms with Gasteiger partial charge in [-0.1, -0.05) is 19.9 Å². The van der Waals surface area contributed by atoms with Crippen LogP contribution < -0.4 is 0 Å². The summed E-state index contributed by atoms with van der Waals surface area (Å²) in [5, 5.41) is 0. The summed E-state index contributed by atoms with van der Waals surface area (Å²) in [5.41, 5.74) is -0.207. The van der Waals surface area contributed by atoms with E-state index in [4.69, 9.17) is 0 Å². The molecule has 9 heavy (non-hydrogen) atoms. The molecule has 0 aromatic carbocycles. The minimum Gasteiger partial charge on any atom is -0.299 e. The van der Waals surface area contributed by atoms with Gasteiger partial charge in [0.15, 0.2) is 0 Å². The second-order valence-electron chi connectivity index (χ2n) is 2.93. The van der Waals surface area contributed by atoms with E-state index in [9.17, 15) is 4.79 Å². The van der Waals surface area contributed by atoms with E-state index in [1.165, 1.54) is 0 Å². The Bertz CT molecular complexity index is 123. The highest BCUT2D eigenvalue weighted by molar-refractivity contribution is 5.81. The van der Waals surface area contributed by atoms with Crippen molar-refractivity contribution in [3.05, 3.63) is 12.7 Å². The van der Waals surface area contributed by atoms with Crippen LogP contribution >= 0.6 is 0 Å². The van der Waals surface area contributed by atoms with E-state index < -0.39 is 0 Å². The van der Waals surface area contributed by atoms with E-state index in [2.05, 4.69) is 6.58 Å². The predicted octanol–water partition coefficient (Wildman–Crippen LogP) is 2.18. The second-order valence-corrected chi connectivity index (χ2v) is 2.93. The van der Waals surface area contributed by atoms with E-state index in [0.717, 1.165) is 6.42 Å². The summed E-state index contributed by atoms with van der Waals surface area (Å²) in [7, 11) is 0. The van der Waals surface area contributed by atoms with Crippen LogP contribution in [-0.4, -0.2) is 5.78 Å². The van der Waals surface area contributed by atoms with Crippen molar-refractivity contribution in [2.75, 3.05) is 0 Å². The minimum atomic E-state index is -0.207. The van der Waals surface area contributed by atoms with Gasteiger partial charge >= 0.3 is 0 Å². The zero-order chi connectivity index (χ0) is 7.49. The Morgan fingerprint density at radius 3 is 2.22 bits per heavy atom. The van der Waals surface area contributed by atoms with Gasteiger partial charge in [0.05, 0.1) is 0 Å². The molecule has 0 amide bonds. The molecule has 0 fully saturated rings. The van der Waals surface area contributed by atoms with E-state index in [1.807, 2.05) is 13.8 Å². The van der Waals surface area contributed by atoms with Crippen LogP contribution in [0.1, 0.15) is 27.2 Å². The number of allylic oxidation sites excluding steroid dienone is 1. The Hall–Kier alpha value is -0.590. The molecule has 0 aromatic rings. The molecule has 1 nitrogen and oxygen atoms in total. The first-order valence-electron chi connectivity index (χ1n) is 3.12. The molecular formula is C8H14O. The summed E-state index contributed by atoms with van der Waals surface area (Å²) in [6, 6.07) is 0. The molecule has 0 saturated carbocycles. The van der Waals surface area contributed by atoms with Crippen molar-refractivity contribution in [1.29, 1.82) is 0 Å². The van der Waals surface area contributed by atoms with Crippen LogP contribution in [0, 0.1) is 5.41 Å². The molecule has 0 spiro atoms. The molecule has 0 aliphatic heterocycles. The lowest BCUT2D eigenvalue weighted by molar-refractivity contribution is -0.124. The van der Waals surface area contributed by atoms with E-state index in [1.54, 1.807) is 13.0 Å². The molecule has 0 aromatic heterocycles. The summed E-state index contributed by atoms with van der Waals surface area (Å²) in [5.74, 6) is 0.224. The molecule has 0 rings (SSSR count). The number of hydrogen-bond acceptors (Lipinski definition) is 1. The van der Waals surface area contributed by atoms with Gasteiger partial charge in [-0.25, -0.2) is 0 Å². The van der Waals surface area contributed by atoms with Crippen molar-refractivity contribution in [3.63, 3.8) is 0 Å². The third-order valence-corrected chi connectivity index (χ3v) is 1.61. The van der Waals surface area contributed by atoms with Gasteiger partial charge in [-0.2, -0.15) is 0 Å². The summed E-state index contributed by atoms with van der Waals surface area (Å²) in [6.07, 6.45) is 2.55. The van der Waals surface area contributed by atoms with Gasteiger partial charge < -0.3 is 0 Å². The minimum absolute atomic E-state index is 0.207. The monoisotopic (exact) mass is 126 g/mol. The third kappa shape index (κ3) is 2.45. The number of carbonyl (C=O) groups excluding carboxylic acids is 1. The normalized spacial score (nSPS) is 11.0. The molecule has 0 aliphatic rings. The Kier molecular flexibility index (Phi) is 2.63. The van der Waals surface area contributed by atoms with Gasteiger partial charge in [-0.3, -0.25) is 4.79 Å². The van der Waals surface area contributed by atoms with Crippen LogP contribution in [0.5, 0.6) is 0 Å². The maximum atomic E-state index is 10.8. The molecule has 0 bridgehead atoms. The molecule has 0 heterocycles. The first kappa shape index (κ1) is 8.41. The molecule has 0 saturated heterocycles. The van der Waals surface area contributed by atoms with Gasteiger partial charge in [0.1, 0.15) is 5.78 Å². The van der Waals surface area contributed by atoms with Crippen molar-refractivity contribution < 1.29 is 4.79 Å². The fourth-order valence-corrected chi connectivity index (χ4v) is 0.505. The zero-order valence-corrected chi connectivity index (χ0v) is 6.40.